The molecule has 0 N–H and O–H groups in total. The van der Waals surface area contributed by atoms with Crippen LogP contribution in [0.25, 0.3) is 0 Å². The second-order valence-corrected chi connectivity index (χ2v) is 8.50. The summed E-state index contributed by atoms with van der Waals surface area (Å²) in [6.07, 6.45) is 6.89. The van der Waals surface area contributed by atoms with E-state index in [0.29, 0.717) is 12.3 Å². The zero-order valence-electron chi connectivity index (χ0n) is 16.0. The summed E-state index contributed by atoms with van der Waals surface area (Å²) in [5.41, 5.74) is 1.97. The number of carbonyl (C=O) groups is 1. The van der Waals surface area contributed by atoms with Crippen LogP contribution in [0, 0.1) is 12.8 Å². The maximum Gasteiger partial charge on any atom is 0.230 e. The average Bonchev–Trinajstić information content (AvgIpc) is 3.40. The Morgan fingerprint density at radius 1 is 1.22 bits per heavy atom. The average molecular weight is 365 g/mol. The van der Waals surface area contributed by atoms with Crippen LogP contribution < -0.4 is 4.90 Å². The Labute approximate surface area is 160 Å². The number of fused-ring (bicyclic) bond motifs is 2. The van der Waals surface area contributed by atoms with Crippen molar-refractivity contribution in [1.29, 1.82) is 0 Å². The molecule has 6 heteroatoms. The van der Waals surface area contributed by atoms with Gasteiger partial charge in [-0.05, 0) is 50.7 Å². The lowest BCUT2D eigenvalue weighted by Gasteiger charge is -2.46. The fourth-order valence-electron chi connectivity index (χ4n) is 4.60. The van der Waals surface area contributed by atoms with E-state index in [1.54, 1.807) is 0 Å². The summed E-state index contributed by atoms with van der Waals surface area (Å²) < 4.78 is 2.20. The highest BCUT2D eigenvalue weighted by Crippen LogP contribution is 2.43. The molecule has 0 radical (unpaired) electrons. The summed E-state index contributed by atoms with van der Waals surface area (Å²) in [6, 6.07) is 8.18. The molecule has 27 heavy (non-hydrogen) atoms. The van der Waals surface area contributed by atoms with Gasteiger partial charge in [0, 0.05) is 38.4 Å². The van der Waals surface area contributed by atoms with Gasteiger partial charge in [0.25, 0.3) is 0 Å². The third kappa shape index (κ3) is 3.16. The summed E-state index contributed by atoms with van der Waals surface area (Å²) in [7, 11) is 0. The number of amides is 1. The Balaban J connectivity index is 1.36. The van der Waals surface area contributed by atoms with Crippen LogP contribution >= 0.6 is 0 Å². The van der Waals surface area contributed by atoms with Crippen LogP contribution in [0.1, 0.15) is 43.5 Å². The monoisotopic (exact) mass is 365 g/mol. The number of hydrogen-bond acceptors (Lipinski definition) is 4. The molecule has 2 aromatic rings. The number of aromatic nitrogens is 3. The minimum atomic E-state index is -0.151. The fourth-order valence-corrected chi connectivity index (χ4v) is 4.60. The maximum absolute atomic E-state index is 13.0. The molecule has 0 atom stereocenters. The first-order chi connectivity index (χ1) is 13.1. The minimum Gasteiger partial charge on any atom is -0.297 e. The number of piperidine rings is 1. The van der Waals surface area contributed by atoms with E-state index in [-0.39, 0.29) is 11.4 Å². The van der Waals surface area contributed by atoms with E-state index in [1.807, 2.05) is 30.2 Å². The van der Waals surface area contributed by atoms with Crippen LogP contribution in [0.2, 0.25) is 0 Å². The first-order valence-corrected chi connectivity index (χ1v) is 10.1. The Morgan fingerprint density at radius 2 is 2.04 bits per heavy atom. The molecule has 2 aromatic heterocycles. The number of rotatable bonds is 4. The van der Waals surface area contributed by atoms with Gasteiger partial charge < -0.3 is 0 Å². The highest BCUT2D eigenvalue weighted by atomic mass is 16.2. The van der Waals surface area contributed by atoms with Crippen molar-refractivity contribution in [3.8, 4) is 0 Å². The van der Waals surface area contributed by atoms with E-state index in [0.717, 1.165) is 56.2 Å². The fraction of sp³-hybridized carbons (Fsp3) is 0.571. The number of carbonyl (C=O) groups excluding carboxylic acids is 1. The molecule has 1 aliphatic carbocycles. The molecule has 142 valence electrons. The van der Waals surface area contributed by atoms with Gasteiger partial charge in [-0.25, -0.2) is 4.68 Å². The summed E-state index contributed by atoms with van der Waals surface area (Å²) >= 11 is 0. The molecule has 2 aliphatic heterocycles. The van der Waals surface area contributed by atoms with E-state index in [1.165, 1.54) is 12.8 Å². The molecule has 5 rings (SSSR count). The SMILES string of the molecule is Cc1cc2n(n1)C1(CCN(Cc3ccccn3)CC1)CC(=O)N2CC1CC1. The number of anilines is 1. The molecular formula is C21H27N5O. The van der Waals surface area contributed by atoms with Gasteiger partial charge >= 0.3 is 0 Å². The molecule has 0 aromatic carbocycles. The van der Waals surface area contributed by atoms with Gasteiger partial charge in [0.1, 0.15) is 5.82 Å². The molecule has 3 aliphatic rings. The predicted octanol–water partition coefficient (Wildman–Crippen LogP) is 2.72. The van der Waals surface area contributed by atoms with Crippen LogP contribution in [0.3, 0.4) is 0 Å². The minimum absolute atomic E-state index is 0.151. The van der Waals surface area contributed by atoms with Gasteiger partial charge in [-0.3, -0.25) is 19.6 Å². The van der Waals surface area contributed by atoms with Gasteiger partial charge in [-0.2, -0.15) is 5.10 Å². The Bertz CT molecular complexity index is 834. The standard InChI is InChI=1S/C21H27N5O/c1-16-12-19-25(14-17-5-6-17)20(27)13-21(26(19)23-16)7-10-24(11-8-21)15-18-4-2-3-9-22-18/h2-4,9,12,17H,5-8,10-11,13-15H2,1H3. The van der Waals surface area contributed by atoms with Gasteiger partial charge in [-0.1, -0.05) is 6.07 Å². The first kappa shape index (κ1) is 16.9. The summed E-state index contributed by atoms with van der Waals surface area (Å²) in [5.74, 6) is 1.99. The second-order valence-electron chi connectivity index (χ2n) is 8.50. The number of pyridine rings is 1. The smallest absolute Gasteiger partial charge is 0.230 e. The van der Waals surface area contributed by atoms with Crippen LogP contribution in [-0.2, 0) is 16.9 Å². The molecule has 6 nitrogen and oxygen atoms in total. The van der Waals surface area contributed by atoms with Crippen molar-refractivity contribution in [3.05, 3.63) is 41.9 Å². The largest absolute Gasteiger partial charge is 0.297 e. The van der Waals surface area contributed by atoms with Gasteiger partial charge in [-0.15, -0.1) is 0 Å². The van der Waals surface area contributed by atoms with Gasteiger partial charge in [0.15, 0.2) is 0 Å². The Hall–Kier alpha value is -2.21. The van der Waals surface area contributed by atoms with Gasteiger partial charge in [0.05, 0.1) is 23.3 Å². The highest BCUT2D eigenvalue weighted by molar-refractivity contribution is 5.94. The second kappa shape index (κ2) is 6.44. The molecule has 1 spiro atoms. The lowest BCUT2D eigenvalue weighted by Crippen LogP contribution is -2.54. The van der Waals surface area contributed by atoms with E-state index in [2.05, 4.69) is 26.7 Å². The highest BCUT2D eigenvalue weighted by Gasteiger charge is 2.46. The summed E-state index contributed by atoms with van der Waals surface area (Å²) in [6.45, 7) is 5.74. The lowest BCUT2D eigenvalue weighted by atomic mass is 9.82. The van der Waals surface area contributed by atoms with Gasteiger partial charge in [0.2, 0.25) is 5.91 Å². The topological polar surface area (TPSA) is 54.3 Å². The van der Waals surface area contributed by atoms with E-state index in [9.17, 15) is 4.79 Å². The molecule has 0 unspecified atom stereocenters. The predicted molar refractivity (Wildman–Crippen MR) is 103 cm³/mol. The lowest BCUT2D eigenvalue weighted by molar-refractivity contribution is -0.123. The Kier molecular flexibility index (Phi) is 4.04. The third-order valence-electron chi connectivity index (χ3n) is 6.36. The van der Waals surface area contributed by atoms with Crippen LogP contribution in [0.15, 0.2) is 30.5 Å². The molecule has 4 heterocycles. The Morgan fingerprint density at radius 3 is 2.74 bits per heavy atom. The number of hydrogen-bond donors (Lipinski definition) is 0. The zero-order chi connectivity index (χ0) is 18.4. The van der Waals surface area contributed by atoms with E-state index in [4.69, 9.17) is 5.10 Å². The van der Waals surface area contributed by atoms with E-state index >= 15 is 0 Å². The zero-order valence-corrected chi connectivity index (χ0v) is 16.0. The van der Waals surface area contributed by atoms with Crippen molar-refractivity contribution < 1.29 is 4.79 Å². The molecule has 1 saturated carbocycles. The number of nitrogens with zero attached hydrogens (tertiary/aromatic N) is 5. The third-order valence-corrected chi connectivity index (χ3v) is 6.36. The summed E-state index contributed by atoms with van der Waals surface area (Å²) in [4.78, 5) is 21.9. The van der Waals surface area contributed by atoms with Crippen LogP contribution in [-0.4, -0.2) is 45.2 Å². The van der Waals surface area contributed by atoms with Crippen molar-refractivity contribution in [3.63, 3.8) is 0 Å². The normalized spacial score (nSPS) is 22.3. The van der Waals surface area contributed by atoms with Crippen molar-refractivity contribution in [1.82, 2.24) is 19.7 Å². The van der Waals surface area contributed by atoms with E-state index < -0.39 is 0 Å². The maximum atomic E-state index is 13.0. The van der Waals surface area contributed by atoms with Crippen LogP contribution in [0.4, 0.5) is 5.82 Å². The summed E-state index contributed by atoms with van der Waals surface area (Å²) in [5, 5.41) is 4.84. The molecule has 1 amide bonds. The van der Waals surface area contributed by atoms with Crippen LogP contribution in [0.5, 0.6) is 0 Å². The van der Waals surface area contributed by atoms with Crippen molar-refractivity contribution in [2.24, 2.45) is 5.92 Å². The number of likely N-dealkylation sites (tertiary alicyclic amines) is 1. The quantitative estimate of drug-likeness (QED) is 0.836. The van der Waals surface area contributed by atoms with Crippen molar-refractivity contribution in [2.75, 3.05) is 24.5 Å². The molecule has 2 fully saturated rings. The molecular weight excluding hydrogens is 338 g/mol. The number of aryl methyl sites for hydroxylation is 1. The molecule has 1 saturated heterocycles. The molecule has 0 bridgehead atoms. The van der Waals surface area contributed by atoms with Crippen molar-refractivity contribution in [2.45, 2.75) is 51.1 Å². The first-order valence-electron chi connectivity index (χ1n) is 10.1. The van der Waals surface area contributed by atoms with Crippen molar-refractivity contribution >= 4 is 11.7 Å².